The molecule has 0 fully saturated rings. The smallest absolute Gasteiger partial charge is 0.0779 e. The molecule has 0 bridgehead atoms. The maximum Gasteiger partial charge on any atom is 0.0779 e. The zero-order valence-corrected chi connectivity index (χ0v) is 8.90. The van der Waals surface area contributed by atoms with E-state index in [1.54, 1.807) is 18.6 Å². The fourth-order valence-electron chi connectivity index (χ4n) is 1.10. The van der Waals surface area contributed by atoms with Crippen LogP contribution in [0.15, 0.2) is 18.6 Å². The van der Waals surface area contributed by atoms with E-state index < -0.39 is 0 Å². The second-order valence-corrected chi connectivity index (χ2v) is 3.35. The number of hydrogen-bond donors (Lipinski definition) is 1. The number of hydrogen-bond acceptors (Lipinski definition) is 4. The Morgan fingerprint density at radius 2 is 2.21 bits per heavy atom. The summed E-state index contributed by atoms with van der Waals surface area (Å²) >= 11 is 0. The molecule has 0 aromatic carbocycles. The van der Waals surface area contributed by atoms with Crippen LogP contribution in [-0.4, -0.2) is 29.7 Å². The molecule has 4 heteroatoms. The van der Waals surface area contributed by atoms with Crippen LogP contribution in [0.4, 0.5) is 0 Å². The van der Waals surface area contributed by atoms with Crippen molar-refractivity contribution in [1.82, 2.24) is 15.3 Å². The molecular weight excluding hydrogens is 178 g/mol. The average Bonchev–Trinajstić information content (AvgIpc) is 2.20. The van der Waals surface area contributed by atoms with Gasteiger partial charge in [-0.25, -0.2) is 0 Å². The highest BCUT2D eigenvalue weighted by Gasteiger charge is 2.11. The Bertz CT molecular complexity index is 251. The summed E-state index contributed by atoms with van der Waals surface area (Å²) in [5, 5.41) is 3.15. The van der Waals surface area contributed by atoms with Crippen molar-refractivity contribution in [3.8, 4) is 0 Å². The van der Waals surface area contributed by atoms with E-state index in [1.807, 2.05) is 20.9 Å². The van der Waals surface area contributed by atoms with Gasteiger partial charge in [-0.3, -0.25) is 9.97 Å². The zero-order valence-electron chi connectivity index (χ0n) is 8.90. The molecule has 0 saturated heterocycles. The lowest BCUT2D eigenvalue weighted by atomic mass is 10.2. The molecule has 14 heavy (non-hydrogen) atoms. The molecule has 4 nitrogen and oxygen atoms in total. The van der Waals surface area contributed by atoms with Crippen LogP contribution in [-0.2, 0) is 4.74 Å². The summed E-state index contributed by atoms with van der Waals surface area (Å²) in [5.41, 5.74) is 0.913. The number of nitrogens with zero attached hydrogens (tertiary/aromatic N) is 2. The SMILES string of the molecule is CNC(COC(C)C)c1cnccn1. The Morgan fingerprint density at radius 1 is 1.43 bits per heavy atom. The minimum atomic E-state index is 0.117. The van der Waals surface area contributed by atoms with Gasteiger partial charge in [0.25, 0.3) is 0 Å². The summed E-state index contributed by atoms with van der Waals surface area (Å²) in [7, 11) is 1.89. The molecule has 1 atom stereocenters. The van der Waals surface area contributed by atoms with E-state index in [0.717, 1.165) is 5.69 Å². The van der Waals surface area contributed by atoms with Crippen LogP contribution in [0, 0.1) is 0 Å². The van der Waals surface area contributed by atoms with Crippen molar-refractivity contribution in [2.45, 2.75) is 26.0 Å². The van der Waals surface area contributed by atoms with Crippen molar-refractivity contribution in [3.05, 3.63) is 24.3 Å². The van der Waals surface area contributed by atoms with Crippen molar-refractivity contribution in [2.24, 2.45) is 0 Å². The van der Waals surface area contributed by atoms with Crippen LogP contribution in [0.2, 0.25) is 0 Å². The van der Waals surface area contributed by atoms with Crippen LogP contribution in [0.25, 0.3) is 0 Å². The molecule has 0 radical (unpaired) electrons. The molecule has 1 aromatic heterocycles. The standard InChI is InChI=1S/C10H17N3O/c1-8(2)14-7-10(11-3)9-6-12-4-5-13-9/h4-6,8,10-11H,7H2,1-3H3. The largest absolute Gasteiger partial charge is 0.377 e. The number of aromatic nitrogens is 2. The molecule has 0 spiro atoms. The second kappa shape index (κ2) is 5.67. The zero-order chi connectivity index (χ0) is 10.4. The molecule has 0 aliphatic rings. The molecule has 1 heterocycles. The normalized spacial score (nSPS) is 13.1. The van der Waals surface area contributed by atoms with Crippen LogP contribution in [0.5, 0.6) is 0 Å². The summed E-state index contributed by atoms with van der Waals surface area (Å²) in [6.45, 7) is 4.65. The van der Waals surface area contributed by atoms with Gasteiger partial charge in [0.2, 0.25) is 0 Å². The number of ether oxygens (including phenoxy) is 1. The third-order valence-corrected chi connectivity index (χ3v) is 1.88. The molecule has 1 rings (SSSR count). The van der Waals surface area contributed by atoms with Gasteiger partial charge in [-0.2, -0.15) is 0 Å². The van der Waals surface area contributed by atoms with Crippen LogP contribution < -0.4 is 5.32 Å². The predicted molar refractivity (Wildman–Crippen MR) is 54.9 cm³/mol. The minimum absolute atomic E-state index is 0.117. The van der Waals surface area contributed by atoms with Gasteiger partial charge in [0.1, 0.15) is 0 Å². The Kier molecular flexibility index (Phi) is 4.49. The Hall–Kier alpha value is -1.00. The first-order valence-electron chi connectivity index (χ1n) is 4.78. The molecule has 78 valence electrons. The topological polar surface area (TPSA) is 47.0 Å². The summed E-state index contributed by atoms with van der Waals surface area (Å²) in [5.74, 6) is 0. The molecule has 1 aromatic rings. The van der Waals surface area contributed by atoms with Gasteiger partial charge >= 0.3 is 0 Å². The summed E-state index contributed by atoms with van der Waals surface area (Å²) in [6.07, 6.45) is 5.35. The monoisotopic (exact) mass is 195 g/mol. The molecular formula is C10H17N3O. The van der Waals surface area contributed by atoms with Gasteiger partial charge in [-0.1, -0.05) is 0 Å². The maximum atomic E-state index is 5.52. The number of nitrogens with one attached hydrogen (secondary N) is 1. The van der Waals surface area contributed by atoms with Gasteiger partial charge in [-0.05, 0) is 20.9 Å². The fourth-order valence-corrected chi connectivity index (χ4v) is 1.10. The predicted octanol–water partition coefficient (Wildman–Crippen LogP) is 1.16. The lowest BCUT2D eigenvalue weighted by Crippen LogP contribution is -2.24. The highest BCUT2D eigenvalue weighted by Crippen LogP contribution is 2.08. The van der Waals surface area contributed by atoms with Gasteiger partial charge < -0.3 is 10.1 Å². The lowest BCUT2D eigenvalue weighted by Gasteiger charge is -2.16. The average molecular weight is 195 g/mol. The van der Waals surface area contributed by atoms with E-state index >= 15 is 0 Å². The Balaban J connectivity index is 2.54. The highest BCUT2D eigenvalue weighted by atomic mass is 16.5. The first kappa shape index (κ1) is 11.1. The highest BCUT2D eigenvalue weighted by molar-refractivity contribution is 5.01. The van der Waals surface area contributed by atoms with Gasteiger partial charge in [-0.15, -0.1) is 0 Å². The fraction of sp³-hybridized carbons (Fsp3) is 0.600. The van der Waals surface area contributed by atoms with E-state index in [1.165, 1.54) is 0 Å². The van der Waals surface area contributed by atoms with E-state index in [2.05, 4.69) is 15.3 Å². The van der Waals surface area contributed by atoms with Crippen molar-refractivity contribution in [3.63, 3.8) is 0 Å². The van der Waals surface area contributed by atoms with Crippen LogP contribution in [0.3, 0.4) is 0 Å². The number of likely N-dealkylation sites (N-methyl/N-ethyl adjacent to an activating group) is 1. The minimum Gasteiger partial charge on any atom is -0.377 e. The van der Waals surface area contributed by atoms with Crippen LogP contribution >= 0.6 is 0 Å². The third-order valence-electron chi connectivity index (χ3n) is 1.88. The van der Waals surface area contributed by atoms with E-state index in [9.17, 15) is 0 Å². The second-order valence-electron chi connectivity index (χ2n) is 3.35. The summed E-state index contributed by atoms with van der Waals surface area (Å²) in [4.78, 5) is 8.25. The van der Waals surface area contributed by atoms with E-state index in [4.69, 9.17) is 4.74 Å². The molecule has 0 aliphatic heterocycles. The quantitative estimate of drug-likeness (QED) is 0.766. The molecule has 1 unspecified atom stereocenters. The third kappa shape index (κ3) is 3.40. The lowest BCUT2D eigenvalue weighted by molar-refractivity contribution is 0.0618. The first-order valence-corrected chi connectivity index (χ1v) is 4.78. The molecule has 0 aliphatic carbocycles. The molecule has 0 amide bonds. The van der Waals surface area contributed by atoms with E-state index in [-0.39, 0.29) is 12.1 Å². The van der Waals surface area contributed by atoms with Crippen molar-refractivity contribution in [2.75, 3.05) is 13.7 Å². The molecule has 0 saturated carbocycles. The number of rotatable bonds is 5. The Morgan fingerprint density at radius 3 is 2.71 bits per heavy atom. The van der Waals surface area contributed by atoms with Gasteiger partial charge in [0, 0.05) is 12.4 Å². The summed E-state index contributed by atoms with van der Waals surface area (Å²) in [6, 6.07) is 0.117. The maximum absolute atomic E-state index is 5.52. The van der Waals surface area contributed by atoms with Crippen molar-refractivity contribution >= 4 is 0 Å². The van der Waals surface area contributed by atoms with Gasteiger partial charge in [0.15, 0.2) is 0 Å². The van der Waals surface area contributed by atoms with Crippen molar-refractivity contribution < 1.29 is 4.74 Å². The van der Waals surface area contributed by atoms with E-state index in [0.29, 0.717) is 6.61 Å². The Labute approximate surface area is 84.7 Å². The van der Waals surface area contributed by atoms with Crippen molar-refractivity contribution in [1.29, 1.82) is 0 Å². The first-order chi connectivity index (χ1) is 6.74. The molecule has 1 N–H and O–H groups in total. The van der Waals surface area contributed by atoms with Gasteiger partial charge in [0.05, 0.1) is 30.6 Å². The van der Waals surface area contributed by atoms with Crippen LogP contribution in [0.1, 0.15) is 25.6 Å². The summed E-state index contributed by atoms with van der Waals surface area (Å²) < 4.78 is 5.52.